The smallest absolute Gasteiger partial charge is 0.170 e. The van der Waals surface area contributed by atoms with E-state index in [0.29, 0.717) is 6.54 Å². The van der Waals surface area contributed by atoms with Gasteiger partial charge in [0.1, 0.15) is 5.82 Å². The second kappa shape index (κ2) is 5.29. The number of thioether (sulfide) groups is 1. The van der Waals surface area contributed by atoms with Crippen LogP contribution in [-0.4, -0.2) is 21.1 Å². The highest BCUT2D eigenvalue weighted by atomic mass is 32.2. The third-order valence-electron chi connectivity index (χ3n) is 4.29. The van der Waals surface area contributed by atoms with Crippen molar-refractivity contribution < 1.29 is 4.79 Å². The maximum absolute atomic E-state index is 13.0. The maximum atomic E-state index is 13.0. The highest BCUT2D eigenvalue weighted by Gasteiger charge is 2.29. The Morgan fingerprint density at radius 3 is 2.95 bits per heavy atom. The molecule has 0 spiro atoms. The predicted octanol–water partition coefficient (Wildman–Crippen LogP) is 3.95. The van der Waals surface area contributed by atoms with Gasteiger partial charge in [-0.05, 0) is 23.8 Å². The van der Waals surface area contributed by atoms with E-state index in [1.54, 1.807) is 18.0 Å². The van der Waals surface area contributed by atoms with Crippen LogP contribution in [0.1, 0.15) is 16.2 Å². The third kappa shape index (κ3) is 2.15. The van der Waals surface area contributed by atoms with Crippen molar-refractivity contribution >= 4 is 28.3 Å². The van der Waals surface area contributed by atoms with Crippen LogP contribution in [0, 0.1) is 12.8 Å². The van der Waals surface area contributed by atoms with E-state index in [-0.39, 0.29) is 11.7 Å². The Morgan fingerprint density at radius 1 is 1.27 bits per heavy atom. The summed E-state index contributed by atoms with van der Waals surface area (Å²) in [6.45, 7) is 2.68. The molecule has 1 aliphatic heterocycles. The molecule has 1 aliphatic rings. The van der Waals surface area contributed by atoms with Crippen LogP contribution in [-0.2, 0) is 6.54 Å². The van der Waals surface area contributed by atoms with Gasteiger partial charge >= 0.3 is 0 Å². The van der Waals surface area contributed by atoms with Crippen LogP contribution in [0.2, 0.25) is 0 Å². The van der Waals surface area contributed by atoms with E-state index in [2.05, 4.69) is 33.8 Å². The molecule has 2 aromatic carbocycles. The lowest BCUT2D eigenvalue weighted by molar-refractivity contribution is 0.0917. The van der Waals surface area contributed by atoms with E-state index in [9.17, 15) is 4.79 Å². The lowest BCUT2D eigenvalue weighted by Gasteiger charge is -2.24. The number of fused-ring (bicyclic) bond motifs is 3. The van der Waals surface area contributed by atoms with Crippen LogP contribution < -0.4 is 0 Å². The summed E-state index contributed by atoms with van der Waals surface area (Å²) in [5.74, 6) is 2.07. The van der Waals surface area contributed by atoms with Crippen molar-refractivity contribution in [3.63, 3.8) is 0 Å². The predicted molar refractivity (Wildman–Crippen MR) is 89.5 cm³/mol. The molecule has 0 bridgehead atoms. The minimum Gasteiger partial charge on any atom is -0.334 e. The molecule has 22 heavy (non-hydrogen) atoms. The number of aryl methyl sites for hydroxylation is 1. The largest absolute Gasteiger partial charge is 0.334 e. The number of carbonyl (C=O) groups excluding carboxylic acids is 1. The number of aromatic nitrogens is 2. The second-order valence-electron chi connectivity index (χ2n) is 5.66. The molecule has 110 valence electrons. The molecule has 0 saturated carbocycles. The van der Waals surface area contributed by atoms with Crippen molar-refractivity contribution in [1.82, 2.24) is 9.55 Å². The first-order valence-corrected chi connectivity index (χ1v) is 8.39. The second-order valence-corrected chi connectivity index (χ2v) is 6.72. The molecule has 4 heteroatoms. The Bertz CT molecular complexity index is 868. The topological polar surface area (TPSA) is 34.9 Å². The van der Waals surface area contributed by atoms with Crippen LogP contribution >= 0.6 is 11.8 Å². The summed E-state index contributed by atoms with van der Waals surface area (Å²) in [5.41, 5.74) is 0.900. The van der Waals surface area contributed by atoms with Crippen molar-refractivity contribution in [2.24, 2.45) is 5.92 Å². The van der Waals surface area contributed by atoms with Gasteiger partial charge in [0.2, 0.25) is 0 Å². The fraction of sp³-hybridized carbons (Fsp3) is 0.222. The number of ketones is 1. The molecule has 0 aliphatic carbocycles. The average molecular weight is 308 g/mol. The van der Waals surface area contributed by atoms with E-state index in [1.807, 2.05) is 25.3 Å². The Morgan fingerprint density at radius 2 is 2.14 bits per heavy atom. The molecule has 1 atom stereocenters. The number of hydrogen-bond acceptors (Lipinski definition) is 3. The van der Waals surface area contributed by atoms with Gasteiger partial charge in [0, 0.05) is 41.1 Å². The van der Waals surface area contributed by atoms with Crippen LogP contribution in [0.3, 0.4) is 0 Å². The molecule has 2 heterocycles. The Kier molecular flexibility index (Phi) is 3.26. The molecular weight excluding hydrogens is 292 g/mol. The molecule has 0 fully saturated rings. The first-order valence-electron chi connectivity index (χ1n) is 7.40. The summed E-state index contributed by atoms with van der Waals surface area (Å²) in [6, 6.07) is 12.3. The van der Waals surface area contributed by atoms with Crippen LogP contribution in [0.15, 0.2) is 53.7 Å². The Hall–Kier alpha value is -2.07. The number of benzene rings is 2. The monoisotopic (exact) mass is 308 g/mol. The molecule has 0 radical (unpaired) electrons. The minimum absolute atomic E-state index is 0.0104. The highest BCUT2D eigenvalue weighted by molar-refractivity contribution is 7.99. The number of carbonyl (C=O) groups is 1. The molecule has 1 aromatic heterocycles. The lowest BCUT2D eigenvalue weighted by atomic mass is 9.93. The summed E-state index contributed by atoms with van der Waals surface area (Å²) in [6.07, 6.45) is 3.74. The zero-order valence-corrected chi connectivity index (χ0v) is 13.1. The number of hydrogen-bond donors (Lipinski definition) is 0. The van der Waals surface area contributed by atoms with Gasteiger partial charge in [0.25, 0.3) is 0 Å². The van der Waals surface area contributed by atoms with Gasteiger partial charge in [-0.3, -0.25) is 4.79 Å². The fourth-order valence-electron chi connectivity index (χ4n) is 3.07. The normalized spacial score (nSPS) is 17.7. The summed E-state index contributed by atoms with van der Waals surface area (Å²) in [5, 5.41) is 2.21. The molecule has 0 N–H and O–H groups in total. The van der Waals surface area contributed by atoms with Gasteiger partial charge < -0.3 is 4.57 Å². The zero-order valence-electron chi connectivity index (χ0n) is 12.3. The van der Waals surface area contributed by atoms with Crippen molar-refractivity contribution in [2.75, 3.05) is 5.75 Å². The molecule has 1 unspecified atom stereocenters. The molecule has 3 nitrogen and oxygen atoms in total. The van der Waals surface area contributed by atoms with E-state index >= 15 is 0 Å². The van der Waals surface area contributed by atoms with Crippen LogP contribution in [0.4, 0.5) is 0 Å². The molecule has 0 amide bonds. The number of imidazole rings is 1. The van der Waals surface area contributed by atoms with Crippen molar-refractivity contribution in [3.8, 4) is 0 Å². The number of rotatable bonds is 2. The van der Waals surface area contributed by atoms with Gasteiger partial charge in [0.05, 0.1) is 0 Å². The SMILES string of the molecule is Cc1nccn1CC1CSc2ccc3ccccc3c2C1=O. The summed E-state index contributed by atoms with van der Waals surface area (Å²) >= 11 is 1.79. The summed E-state index contributed by atoms with van der Waals surface area (Å²) in [4.78, 5) is 18.4. The molecule has 0 saturated heterocycles. The maximum Gasteiger partial charge on any atom is 0.170 e. The van der Waals surface area contributed by atoms with Crippen molar-refractivity contribution in [1.29, 1.82) is 0 Å². The van der Waals surface area contributed by atoms with Gasteiger partial charge in [-0.15, -0.1) is 11.8 Å². The molecular formula is C18H16N2OS. The standard InChI is InChI=1S/C18H16N2OS/c1-12-19-8-9-20(12)10-14-11-22-16-7-6-13-4-2-3-5-15(13)17(16)18(14)21/h2-9,14H,10-11H2,1H3. The van der Waals surface area contributed by atoms with Crippen molar-refractivity contribution in [3.05, 3.63) is 60.2 Å². The van der Waals surface area contributed by atoms with Crippen molar-refractivity contribution in [2.45, 2.75) is 18.4 Å². The first kappa shape index (κ1) is 13.6. The fourth-order valence-corrected chi connectivity index (χ4v) is 4.22. The highest BCUT2D eigenvalue weighted by Crippen LogP contribution is 2.37. The zero-order chi connectivity index (χ0) is 15.1. The average Bonchev–Trinajstić information content (AvgIpc) is 2.94. The van der Waals surface area contributed by atoms with E-state index in [1.165, 1.54) is 0 Å². The third-order valence-corrected chi connectivity index (χ3v) is 5.51. The van der Waals surface area contributed by atoms with Gasteiger partial charge in [-0.1, -0.05) is 30.3 Å². The van der Waals surface area contributed by atoms with Crippen LogP contribution in [0.5, 0.6) is 0 Å². The van der Waals surface area contributed by atoms with E-state index in [0.717, 1.165) is 32.8 Å². The molecule has 4 rings (SSSR count). The Labute approximate surface area is 133 Å². The molecule has 3 aromatic rings. The van der Waals surface area contributed by atoms with Gasteiger partial charge in [-0.2, -0.15) is 0 Å². The van der Waals surface area contributed by atoms with E-state index in [4.69, 9.17) is 0 Å². The number of Topliss-reactive ketones (excluding diaryl/α,β-unsaturated/α-hetero) is 1. The van der Waals surface area contributed by atoms with Gasteiger partial charge in [0.15, 0.2) is 5.78 Å². The van der Waals surface area contributed by atoms with Crippen LogP contribution in [0.25, 0.3) is 10.8 Å². The first-order chi connectivity index (χ1) is 10.7. The van der Waals surface area contributed by atoms with E-state index < -0.39 is 0 Å². The van der Waals surface area contributed by atoms with Gasteiger partial charge in [-0.25, -0.2) is 4.98 Å². The summed E-state index contributed by atoms with van der Waals surface area (Å²) < 4.78 is 2.07. The Balaban J connectivity index is 1.76. The summed E-state index contributed by atoms with van der Waals surface area (Å²) in [7, 11) is 0. The lowest BCUT2D eigenvalue weighted by Crippen LogP contribution is -2.27. The quantitative estimate of drug-likeness (QED) is 0.719. The number of nitrogens with zero attached hydrogens (tertiary/aromatic N) is 2. The minimum atomic E-state index is 0.0104.